The van der Waals surface area contributed by atoms with Crippen molar-refractivity contribution in [3.63, 3.8) is 0 Å². The fourth-order valence-electron chi connectivity index (χ4n) is 1.58. The minimum Gasteiger partial charge on any atom is -0.364 e. The van der Waals surface area contributed by atoms with E-state index in [1.807, 2.05) is 0 Å². The minimum absolute atomic E-state index is 0.0643. The molecule has 1 aliphatic rings. The summed E-state index contributed by atoms with van der Waals surface area (Å²) in [6.07, 6.45) is 3.43. The van der Waals surface area contributed by atoms with Gasteiger partial charge in [-0.2, -0.15) is 4.98 Å². The van der Waals surface area contributed by atoms with Crippen molar-refractivity contribution in [1.29, 1.82) is 0 Å². The summed E-state index contributed by atoms with van der Waals surface area (Å²) in [5, 5.41) is 19.2. The Morgan fingerprint density at radius 3 is 2.90 bits per heavy atom. The topological polar surface area (TPSA) is 122 Å². The Hall–Kier alpha value is -2.45. The Morgan fingerprint density at radius 1 is 1.55 bits per heavy atom. The number of hydrogen-bond acceptors (Lipinski definition) is 7. The first kappa shape index (κ1) is 14.0. The second-order valence-electron chi connectivity index (χ2n) is 4.45. The first-order chi connectivity index (χ1) is 9.60. The van der Waals surface area contributed by atoms with Gasteiger partial charge in [0.2, 0.25) is 17.7 Å². The van der Waals surface area contributed by atoms with Crippen LogP contribution in [0.15, 0.2) is 6.20 Å². The first-order valence-corrected chi connectivity index (χ1v) is 6.32. The second-order valence-corrected chi connectivity index (χ2v) is 4.45. The molecule has 1 aliphatic carbocycles. The maximum absolute atomic E-state index is 11.5. The zero-order valence-electron chi connectivity index (χ0n) is 11.0. The van der Waals surface area contributed by atoms with E-state index in [4.69, 9.17) is 0 Å². The van der Waals surface area contributed by atoms with Crippen LogP contribution in [-0.2, 0) is 4.79 Å². The lowest BCUT2D eigenvalue weighted by molar-refractivity contribution is -0.384. The van der Waals surface area contributed by atoms with Crippen LogP contribution in [0.25, 0.3) is 0 Å². The SMILES string of the molecule is CNc1ncc([N+](=O)[O-])c(NCCC(=O)NC2CC2)n1. The van der Waals surface area contributed by atoms with Gasteiger partial charge in [-0.25, -0.2) is 4.98 Å². The Bertz CT molecular complexity index is 517. The minimum atomic E-state index is -0.563. The molecule has 0 bridgehead atoms. The molecule has 1 aromatic heterocycles. The summed E-state index contributed by atoms with van der Waals surface area (Å²) in [5.74, 6) is 0.319. The van der Waals surface area contributed by atoms with Crippen molar-refractivity contribution < 1.29 is 9.72 Å². The molecule has 1 heterocycles. The molecule has 1 amide bonds. The van der Waals surface area contributed by atoms with Crippen molar-refractivity contribution >= 4 is 23.4 Å². The number of rotatable bonds is 7. The summed E-state index contributed by atoms with van der Waals surface area (Å²) < 4.78 is 0. The molecule has 3 N–H and O–H groups in total. The van der Waals surface area contributed by atoms with E-state index in [2.05, 4.69) is 25.9 Å². The fraction of sp³-hybridized carbons (Fsp3) is 0.545. The van der Waals surface area contributed by atoms with Crippen LogP contribution < -0.4 is 16.0 Å². The quantitative estimate of drug-likeness (QED) is 0.491. The molecule has 0 saturated heterocycles. The highest BCUT2D eigenvalue weighted by Crippen LogP contribution is 2.22. The lowest BCUT2D eigenvalue weighted by Gasteiger charge is -2.07. The van der Waals surface area contributed by atoms with Gasteiger partial charge in [0.05, 0.1) is 4.92 Å². The zero-order valence-corrected chi connectivity index (χ0v) is 11.0. The van der Waals surface area contributed by atoms with E-state index in [1.54, 1.807) is 7.05 Å². The van der Waals surface area contributed by atoms with Crippen molar-refractivity contribution in [3.05, 3.63) is 16.3 Å². The Balaban J connectivity index is 1.92. The van der Waals surface area contributed by atoms with Gasteiger partial charge in [-0.05, 0) is 12.8 Å². The van der Waals surface area contributed by atoms with Gasteiger partial charge in [-0.15, -0.1) is 0 Å². The van der Waals surface area contributed by atoms with Gasteiger partial charge in [0.1, 0.15) is 6.20 Å². The number of carbonyl (C=O) groups is 1. The molecule has 0 aliphatic heterocycles. The van der Waals surface area contributed by atoms with Gasteiger partial charge in [0, 0.05) is 26.1 Å². The van der Waals surface area contributed by atoms with E-state index in [9.17, 15) is 14.9 Å². The van der Waals surface area contributed by atoms with E-state index in [0.29, 0.717) is 6.04 Å². The Morgan fingerprint density at radius 2 is 2.30 bits per heavy atom. The van der Waals surface area contributed by atoms with Crippen LogP contribution in [0, 0.1) is 10.1 Å². The third-order valence-corrected chi connectivity index (χ3v) is 2.78. The Kier molecular flexibility index (Phi) is 4.28. The van der Waals surface area contributed by atoms with E-state index in [0.717, 1.165) is 19.0 Å². The molecule has 20 heavy (non-hydrogen) atoms. The molecule has 9 nitrogen and oxygen atoms in total. The van der Waals surface area contributed by atoms with Gasteiger partial charge >= 0.3 is 5.69 Å². The van der Waals surface area contributed by atoms with Crippen molar-refractivity contribution in [1.82, 2.24) is 15.3 Å². The molecule has 0 spiro atoms. The number of hydrogen-bond donors (Lipinski definition) is 3. The second kappa shape index (κ2) is 6.13. The molecule has 0 atom stereocenters. The monoisotopic (exact) mass is 280 g/mol. The van der Waals surface area contributed by atoms with Gasteiger partial charge in [-0.1, -0.05) is 0 Å². The lowest BCUT2D eigenvalue weighted by atomic mass is 10.3. The smallest absolute Gasteiger partial charge is 0.329 e. The molecule has 0 radical (unpaired) electrons. The van der Waals surface area contributed by atoms with Gasteiger partial charge in [-0.3, -0.25) is 14.9 Å². The molecule has 1 saturated carbocycles. The van der Waals surface area contributed by atoms with Crippen LogP contribution in [-0.4, -0.2) is 40.4 Å². The Labute approximate surface area is 115 Å². The van der Waals surface area contributed by atoms with Crippen LogP contribution in [0.5, 0.6) is 0 Å². The van der Waals surface area contributed by atoms with E-state index in [1.165, 1.54) is 0 Å². The van der Waals surface area contributed by atoms with Crippen LogP contribution in [0.2, 0.25) is 0 Å². The van der Waals surface area contributed by atoms with Crippen molar-refractivity contribution in [2.24, 2.45) is 0 Å². The average molecular weight is 280 g/mol. The number of carbonyl (C=O) groups excluding carboxylic acids is 1. The third-order valence-electron chi connectivity index (χ3n) is 2.78. The first-order valence-electron chi connectivity index (χ1n) is 6.32. The largest absolute Gasteiger partial charge is 0.364 e. The molecule has 0 unspecified atom stereocenters. The predicted molar refractivity (Wildman–Crippen MR) is 72.5 cm³/mol. The van der Waals surface area contributed by atoms with E-state index in [-0.39, 0.29) is 36.3 Å². The molecule has 1 aromatic rings. The highest BCUT2D eigenvalue weighted by atomic mass is 16.6. The van der Waals surface area contributed by atoms with E-state index >= 15 is 0 Å². The van der Waals surface area contributed by atoms with Crippen molar-refractivity contribution in [2.45, 2.75) is 25.3 Å². The number of nitrogens with one attached hydrogen (secondary N) is 3. The molecule has 108 valence electrons. The number of nitro groups is 1. The molecule has 1 fully saturated rings. The van der Waals surface area contributed by atoms with Gasteiger partial charge < -0.3 is 16.0 Å². The number of anilines is 2. The summed E-state index contributed by atoms with van der Waals surface area (Å²) in [6, 6.07) is 0.312. The maximum Gasteiger partial charge on any atom is 0.329 e. The van der Waals surface area contributed by atoms with E-state index < -0.39 is 4.92 Å². The van der Waals surface area contributed by atoms with Crippen LogP contribution in [0.3, 0.4) is 0 Å². The van der Waals surface area contributed by atoms with Gasteiger partial charge in [0.25, 0.3) is 0 Å². The van der Waals surface area contributed by atoms with Crippen LogP contribution in [0.4, 0.5) is 17.5 Å². The molecule has 0 aromatic carbocycles. The number of aromatic nitrogens is 2. The lowest BCUT2D eigenvalue weighted by Crippen LogP contribution is -2.27. The summed E-state index contributed by atoms with van der Waals surface area (Å²) >= 11 is 0. The van der Waals surface area contributed by atoms with Gasteiger partial charge in [0.15, 0.2) is 0 Å². The fourth-order valence-corrected chi connectivity index (χ4v) is 1.58. The standard InChI is InChI=1S/C11H16N6O3/c1-12-11-14-6-8(17(19)20)10(16-11)13-5-4-9(18)15-7-2-3-7/h6-7H,2-5H2,1H3,(H,15,18)(H2,12,13,14,16). The highest BCUT2D eigenvalue weighted by Gasteiger charge is 2.23. The number of nitrogens with zero attached hydrogens (tertiary/aromatic N) is 3. The summed E-state index contributed by atoms with van der Waals surface area (Å²) in [6.45, 7) is 0.277. The normalized spacial score (nSPS) is 13.7. The highest BCUT2D eigenvalue weighted by molar-refractivity contribution is 5.77. The summed E-state index contributed by atoms with van der Waals surface area (Å²) in [7, 11) is 1.62. The van der Waals surface area contributed by atoms with Crippen molar-refractivity contribution in [2.75, 3.05) is 24.2 Å². The molecule has 2 rings (SSSR count). The molecule has 9 heteroatoms. The van der Waals surface area contributed by atoms with Crippen molar-refractivity contribution in [3.8, 4) is 0 Å². The summed E-state index contributed by atoms with van der Waals surface area (Å²) in [5.41, 5.74) is -0.216. The van der Waals surface area contributed by atoms with Crippen LogP contribution in [0.1, 0.15) is 19.3 Å². The van der Waals surface area contributed by atoms with Crippen LogP contribution >= 0.6 is 0 Å². The zero-order chi connectivity index (χ0) is 14.5. The summed E-state index contributed by atoms with van der Waals surface area (Å²) in [4.78, 5) is 29.6. The maximum atomic E-state index is 11.5. The number of amides is 1. The molecular weight excluding hydrogens is 264 g/mol. The third kappa shape index (κ3) is 3.77. The average Bonchev–Trinajstić information content (AvgIpc) is 3.22. The predicted octanol–water partition coefficient (Wildman–Crippen LogP) is 0.507. The molecular formula is C11H16N6O3.